The second-order valence-electron chi connectivity index (χ2n) is 8.44. The number of benzene rings is 1. The van der Waals surface area contributed by atoms with E-state index in [1.807, 2.05) is 29.9 Å². The van der Waals surface area contributed by atoms with Gasteiger partial charge in [-0.25, -0.2) is 9.40 Å². The molecule has 31 heavy (non-hydrogen) atoms. The molecule has 2 saturated heterocycles. The van der Waals surface area contributed by atoms with Gasteiger partial charge >= 0.3 is 0 Å². The van der Waals surface area contributed by atoms with Crippen LogP contribution >= 0.6 is 0 Å². The zero-order valence-electron chi connectivity index (χ0n) is 17.7. The van der Waals surface area contributed by atoms with Gasteiger partial charge in [0.15, 0.2) is 5.79 Å². The number of carbonyl (C=O) groups is 1. The summed E-state index contributed by atoms with van der Waals surface area (Å²) in [5.74, 6) is -0.771. The number of nitrogens with zero attached hydrogens (tertiary/aromatic N) is 4. The Labute approximate surface area is 181 Å². The Hall–Kier alpha value is -2.55. The monoisotopic (exact) mass is 426 g/mol. The lowest BCUT2D eigenvalue weighted by Gasteiger charge is -2.37. The molecule has 8 heteroatoms. The van der Waals surface area contributed by atoms with Gasteiger partial charge in [-0.1, -0.05) is 12.1 Å². The minimum absolute atomic E-state index is 0.0347. The minimum Gasteiger partial charge on any atom is -0.353 e. The van der Waals surface area contributed by atoms with Crippen LogP contribution in [-0.2, 0) is 21.3 Å². The maximum Gasteiger partial charge on any atom is 0.257 e. The fourth-order valence-electron chi connectivity index (χ4n) is 4.71. The molecule has 2 aromatic rings. The van der Waals surface area contributed by atoms with Crippen molar-refractivity contribution in [1.82, 2.24) is 14.5 Å². The van der Waals surface area contributed by atoms with E-state index in [2.05, 4.69) is 4.90 Å². The highest BCUT2D eigenvalue weighted by atomic mass is 19.1. The summed E-state index contributed by atoms with van der Waals surface area (Å²) in [5, 5.41) is 6.30. The number of piperidine rings is 1. The molecule has 0 saturated carbocycles. The quantitative estimate of drug-likeness (QED) is 0.754. The summed E-state index contributed by atoms with van der Waals surface area (Å²) in [6.45, 7) is 3.10. The Bertz CT molecular complexity index is 971. The van der Waals surface area contributed by atoms with Gasteiger partial charge in [-0.2, -0.15) is 5.10 Å². The first-order valence-electron chi connectivity index (χ1n) is 10.8. The molecule has 4 heterocycles. The van der Waals surface area contributed by atoms with Crippen molar-refractivity contribution in [3.05, 3.63) is 59.7 Å². The van der Waals surface area contributed by atoms with Crippen LogP contribution in [0.5, 0.6) is 0 Å². The Morgan fingerprint density at radius 3 is 2.52 bits per heavy atom. The van der Waals surface area contributed by atoms with Gasteiger partial charge in [-0.15, -0.1) is 0 Å². The lowest BCUT2D eigenvalue weighted by Crippen LogP contribution is -2.48. The average molecular weight is 426 g/mol. The first-order valence-corrected chi connectivity index (χ1v) is 10.8. The number of carbonyl (C=O) groups excluding carboxylic acids is 1. The van der Waals surface area contributed by atoms with E-state index in [1.54, 1.807) is 17.1 Å². The summed E-state index contributed by atoms with van der Waals surface area (Å²) in [6.07, 6.45) is 4.11. The number of likely N-dealkylation sites (tertiary alicyclic amines) is 1. The molecule has 0 radical (unpaired) electrons. The van der Waals surface area contributed by atoms with Crippen LogP contribution in [0.2, 0.25) is 0 Å². The number of halogens is 1. The van der Waals surface area contributed by atoms with E-state index in [9.17, 15) is 9.18 Å². The second kappa shape index (κ2) is 8.18. The van der Waals surface area contributed by atoms with Crippen molar-refractivity contribution < 1.29 is 18.7 Å². The van der Waals surface area contributed by atoms with Gasteiger partial charge in [-0.3, -0.25) is 9.69 Å². The van der Waals surface area contributed by atoms with E-state index in [-0.39, 0.29) is 17.8 Å². The highest BCUT2D eigenvalue weighted by Gasteiger charge is 2.41. The number of hydrazone groups is 1. The van der Waals surface area contributed by atoms with Gasteiger partial charge in [0.2, 0.25) is 0 Å². The number of amides is 1. The van der Waals surface area contributed by atoms with E-state index in [0.717, 1.165) is 42.9 Å². The minimum atomic E-state index is -0.452. The van der Waals surface area contributed by atoms with Crippen LogP contribution < -0.4 is 0 Å². The zero-order valence-corrected chi connectivity index (χ0v) is 17.7. The highest BCUT2D eigenvalue weighted by molar-refractivity contribution is 6.03. The van der Waals surface area contributed by atoms with E-state index in [1.165, 1.54) is 12.1 Å². The van der Waals surface area contributed by atoms with E-state index < -0.39 is 5.79 Å². The third-order valence-corrected chi connectivity index (χ3v) is 6.46. The summed E-state index contributed by atoms with van der Waals surface area (Å²) in [6, 6.07) is 10.1. The first kappa shape index (κ1) is 20.4. The topological polar surface area (TPSA) is 59.3 Å². The molecule has 1 spiro atoms. The van der Waals surface area contributed by atoms with Crippen LogP contribution in [0, 0.1) is 5.82 Å². The second-order valence-corrected chi connectivity index (χ2v) is 8.44. The maximum absolute atomic E-state index is 13.4. The van der Waals surface area contributed by atoms with Crippen molar-refractivity contribution in [3.8, 4) is 0 Å². The Morgan fingerprint density at radius 1 is 1.16 bits per heavy atom. The zero-order chi connectivity index (χ0) is 21.4. The van der Waals surface area contributed by atoms with Crippen LogP contribution in [0.4, 0.5) is 4.39 Å². The van der Waals surface area contributed by atoms with Gasteiger partial charge in [-0.05, 0) is 29.8 Å². The summed E-state index contributed by atoms with van der Waals surface area (Å²) >= 11 is 0. The molecule has 7 nitrogen and oxygen atoms in total. The van der Waals surface area contributed by atoms with E-state index in [4.69, 9.17) is 14.6 Å². The Balaban J connectivity index is 1.33. The summed E-state index contributed by atoms with van der Waals surface area (Å²) < 4.78 is 27.0. The van der Waals surface area contributed by atoms with E-state index >= 15 is 0 Å². The first-order chi connectivity index (χ1) is 15.0. The van der Waals surface area contributed by atoms with Crippen molar-refractivity contribution in [2.45, 2.75) is 31.1 Å². The SMILES string of the molecule is Cn1cccc1[C@@H]1CC(c2ccc(F)cc2)=NN1C(=O)CN1CCC2(CC1)OCCO2. The molecule has 3 aliphatic rings. The van der Waals surface area contributed by atoms with Crippen LogP contribution in [-0.4, -0.2) is 64.7 Å². The van der Waals surface area contributed by atoms with E-state index in [0.29, 0.717) is 26.2 Å². The number of rotatable bonds is 4. The highest BCUT2D eigenvalue weighted by Crippen LogP contribution is 2.34. The Kier molecular flexibility index (Phi) is 5.37. The molecule has 3 aliphatic heterocycles. The maximum atomic E-state index is 13.4. The predicted molar refractivity (Wildman–Crippen MR) is 113 cm³/mol. The van der Waals surface area contributed by atoms with Gasteiger partial charge in [0.25, 0.3) is 5.91 Å². The fraction of sp³-hybridized carbons (Fsp3) is 0.478. The lowest BCUT2D eigenvalue weighted by molar-refractivity contribution is -0.186. The predicted octanol–water partition coefficient (Wildman–Crippen LogP) is 2.68. The smallest absolute Gasteiger partial charge is 0.257 e. The fourth-order valence-corrected chi connectivity index (χ4v) is 4.71. The van der Waals surface area contributed by atoms with Crippen LogP contribution in [0.1, 0.15) is 36.6 Å². The molecule has 5 rings (SSSR count). The molecule has 2 fully saturated rings. The van der Waals surface area contributed by atoms with Gasteiger partial charge in [0.05, 0.1) is 25.5 Å². The van der Waals surface area contributed by atoms with Crippen LogP contribution in [0.3, 0.4) is 0 Å². The van der Waals surface area contributed by atoms with Gasteiger partial charge in [0, 0.05) is 51.3 Å². The molecule has 1 amide bonds. The number of hydrogen-bond donors (Lipinski definition) is 0. The normalized spacial score (nSPS) is 23.5. The molecule has 0 N–H and O–H groups in total. The third-order valence-electron chi connectivity index (χ3n) is 6.46. The molecular formula is C23H27FN4O3. The van der Waals surface area contributed by atoms with Crippen LogP contribution in [0.15, 0.2) is 47.7 Å². The largest absolute Gasteiger partial charge is 0.353 e. The van der Waals surface area contributed by atoms with Gasteiger partial charge in [0.1, 0.15) is 11.9 Å². The summed E-state index contributed by atoms with van der Waals surface area (Å²) in [4.78, 5) is 15.5. The van der Waals surface area contributed by atoms with Crippen molar-refractivity contribution in [1.29, 1.82) is 0 Å². The number of aromatic nitrogens is 1. The standard InChI is InChI=1S/C23H27FN4O3/c1-26-10-2-3-20(26)21-15-19(17-4-6-18(24)7-5-17)25-28(21)22(29)16-27-11-8-23(9-12-27)30-13-14-31-23/h2-7,10,21H,8-9,11-16H2,1H3/t21-/m0/s1. The Morgan fingerprint density at radius 2 is 1.87 bits per heavy atom. The van der Waals surface area contributed by atoms with Crippen molar-refractivity contribution in [2.75, 3.05) is 32.8 Å². The number of hydrogen-bond acceptors (Lipinski definition) is 5. The molecule has 0 aliphatic carbocycles. The van der Waals surface area contributed by atoms with Crippen molar-refractivity contribution in [2.24, 2.45) is 12.1 Å². The summed E-state index contributed by atoms with van der Waals surface area (Å²) in [5.41, 5.74) is 2.66. The molecule has 0 unspecified atom stereocenters. The number of ether oxygens (including phenoxy) is 2. The third kappa shape index (κ3) is 4.03. The van der Waals surface area contributed by atoms with Gasteiger partial charge < -0.3 is 14.0 Å². The van der Waals surface area contributed by atoms with Crippen LogP contribution in [0.25, 0.3) is 0 Å². The van der Waals surface area contributed by atoms with Crippen molar-refractivity contribution >= 4 is 11.6 Å². The molecule has 1 atom stereocenters. The summed E-state index contributed by atoms with van der Waals surface area (Å²) in [7, 11) is 1.97. The average Bonchev–Trinajstić information content (AvgIpc) is 3.50. The molecular weight excluding hydrogens is 399 g/mol. The number of aryl methyl sites for hydroxylation is 1. The lowest BCUT2D eigenvalue weighted by atomic mass is 10.0. The molecule has 0 bridgehead atoms. The van der Waals surface area contributed by atoms with Crippen molar-refractivity contribution in [3.63, 3.8) is 0 Å². The molecule has 1 aromatic carbocycles. The molecule has 1 aromatic heterocycles. The molecule has 164 valence electrons.